The third-order valence-electron chi connectivity index (χ3n) is 2.74. The quantitative estimate of drug-likeness (QED) is 0.788. The number of nitrogens with one attached hydrogen (secondary N) is 1. The second-order valence-electron chi connectivity index (χ2n) is 4.12. The predicted molar refractivity (Wildman–Crippen MR) is 70.9 cm³/mol. The number of hydrogen-bond acceptors (Lipinski definition) is 3. The summed E-state index contributed by atoms with van der Waals surface area (Å²) in [6, 6.07) is 2.68. The number of rotatable bonds is 5. The van der Waals surface area contributed by atoms with Gasteiger partial charge >= 0.3 is 5.97 Å². The van der Waals surface area contributed by atoms with Crippen molar-refractivity contribution in [1.29, 1.82) is 0 Å². The number of hydrogen-bond donors (Lipinski definition) is 2. The van der Waals surface area contributed by atoms with Gasteiger partial charge < -0.3 is 10.4 Å². The van der Waals surface area contributed by atoms with E-state index in [1.807, 2.05) is 6.92 Å². The zero-order valence-corrected chi connectivity index (χ0v) is 10.9. The summed E-state index contributed by atoms with van der Waals surface area (Å²) in [4.78, 5) is 26.8. The van der Waals surface area contributed by atoms with Gasteiger partial charge in [-0.2, -0.15) is 0 Å². The number of carboxylic acid groups (broad SMARTS) is 1. The van der Waals surface area contributed by atoms with Crippen LogP contribution in [0.5, 0.6) is 0 Å². The Balaban J connectivity index is 2.86. The molecule has 0 saturated heterocycles. The lowest BCUT2D eigenvalue weighted by molar-refractivity contribution is 0.0694. The molecule has 0 aromatic carbocycles. The van der Waals surface area contributed by atoms with E-state index in [9.17, 15) is 9.59 Å². The Kier molecular flexibility index (Phi) is 5.07. The topological polar surface area (TPSA) is 79.3 Å². The first-order valence-corrected chi connectivity index (χ1v) is 5.94. The number of carboxylic acids is 1. The van der Waals surface area contributed by atoms with Gasteiger partial charge in [0, 0.05) is 12.5 Å². The molecular weight excluding hydrogens is 244 g/mol. The van der Waals surface area contributed by atoms with Crippen molar-refractivity contribution in [2.75, 3.05) is 0 Å². The van der Waals surface area contributed by atoms with Crippen molar-refractivity contribution >= 4 is 11.9 Å². The molecule has 1 atom stereocenters. The van der Waals surface area contributed by atoms with Crippen LogP contribution in [0.3, 0.4) is 0 Å². The van der Waals surface area contributed by atoms with Gasteiger partial charge in [-0.05, 0) is 25.5 Å². The van der Waals surface area contributed by atoms with E-state index in [-0.39, 0.29) is 23.2 Å². The van der Waals surface area contributed by atoms with E-state index >= 15 is 0 Å². The van der Waals surface area contributed by atoms with Crippen LogP contribution in [0.15, 0.2) is 12.1 Å². The molecule has 1 unspecified atom stereocenters. The van der Waals surface area contributed by atoms with E-state index in [1.54, 1.807) is 6.92 Å². The predicted octanol–water partition coefficient (Wildman–Crippen LogP) is 1.62. The Morgan fingerprint density at radius 1 is 1.53 bits per heavy atom. The minimum Gasteiger partial charge on any atom is -0.478 e. The highest BCUT2D eigenvalue weighted by atomic mass is 16.4. The van der Waals surface area contributed by atoms with E-state index in [0.29, 0.717) is 12.1 Å². The highest BCUT2D eigenvalue weighted by molar-refractivity contribution is 5.94. The molecule has 0 aliphatic heterocycles. The molecule has 1 amide bonds. The Labute approximate surface area is 112 Å². The molecule has 19 heavy (non-hydrogen) atoms. The molecule has 0 radical (unpaired) electrons. The summed E-state index contributed by atoms with van der Waals surface area (Å²) >= 11 is 0. The Hall–Kier alpha value is -2.35. The second kappa shape index (κ2) is 6.55. The number of carbonyl (C=O) groups is 2. The van der Waals surface area contributed by atoms with Gasteiger partial charge in [-0.1, -0.05) is 6.92 Å². The van der Waals surface area contributed by atoms with Crippen molar-refractivity contribution in [2.45, 2.75) is 32.7 Å². The minimum atomic E-state index is -1.06. The third kappa shape index (κ3) is 3.81. The molecular formula is C14H16N2O3. The SMILES string of the molecule is C#CCC(CC)NC(=O)c1ccc(C(=O)O)c(C)n1. The van der Waals surface area contributed by atoms with Gasteiger partial charge in [-0.3, -0.25) is 4.79 Å². The molecule has 5 nitrogen and oxygen atoms in total. The highest BCUT2D eigenvalue weighted by Gasteiger charge is 2.15. The molecule has 1 aromatic rings. The van der Waals surface area contributed by atoms with Gasteiger partial charge in [0.2, 0.25) is 0 Å². The summed E-state index contributed by atoms with van der Waals surface area (Å²) in [6.07, 6.45) is 6.39. The molecule has 0 saturated carbocycles. The van der Waals surface area contributed by atoms with Crippen LogP contribution in [0.1, 0.15) is 46.3 Å². The Morgan fingerprint density at radius 3 is 2.68 bits per heavy atom. The maximum atomic E-state index is 11.9. The Morgan fingerprint density at radius 2 is 2.21 bits per heavy atom. The van der Waals surface area contributed by atoms with E-state index in [0.717, 1.165) is 6.42 Å². The van der Waals surface area contributed by atoms with Gasteiger partial charge in [0.05, 0.1) is 11.3 Å². The van der Waals surface area contributed by atoms with Crippen LogP contribution in [-0.2, 0) is 0 Å². The fourth-order valence-electron chi connectivity index (χ4n) is 1.61. The lowest BCUT2D eigenvalue weighted by Gasteiger charge is -2.14. The van der Waals surface area contributed by atoms with Crippen LogP contribution in [0.2, 0.25) is 0 Å². The van der Waals surface area contributed by atoms with Crippen LogP contribution >= 0.6 is 0 Å². The summed E-state index contributed by atoms with van der Waals surface area (Å²) in [5, 5.41) is 11.7. The van der Waals surface area contributed by atoms with Gasteiger partial charge in [-0.15, -0.1) is 12.3 Å². The number of aryl methyl sites for hydroxylation is 1. The normalized spacial score (nSPS) is 11.4. The van der Waals surface area contributed by atoms with Crippen molar-refractivity contribution in [2.24, 2.45) is 0 Å². The van der Waals surface area contributed by atoms with Crippen LogP contribution in [0.4, 0.5) is 0 Å². The van der Waals surface area contributed by atoms with E-state index in [1.165, 1.54) is 12.1 Å². The zero-order chi connectivity index (χ0) is 14.4. The molecule has 1 aromatic heterocycles. The molecule has 1 rings (SSSR count). The number of amides is 1. The minimum absolute atomic E-state index is 0.0900. The largest absolute Gasteiger partial charge is 0.478 e. The van der Waals surface area contributed by atoms with Gasteiger partial charge in [0.1, 0.15) is 5.69 Å². The number of pyridine rings is 1. The van der Waals surface area contributed by atoms with Crippen molar-refractivity contribution in [1.82, 2.24) is 10.3 Å². The number of aromatic nitrogens is 1. The van der Waals surface area contributed by atoms with Crippen LogP contribution in [0.25, 0.3) is 0 Å². The molecule has 0 fully saturated rings. The lowest BCUT2D eigenvalue weighted by atomic mass is 10.1. The average Bonchev–Trinajstić information content (AvgIpc) is 2.37. The smallest absolute Gasteiger partial charge is 0.337 e. The molecule has 5 heteroatoms. The van der Waals surface area contributed by atoms with E-state index < -0.39 is 5.97 Å². The molecule has 0 bridgehead atoms. The molecule has 100 valence electrons. The summed E-state index contributed by atoms with van der Waals surface area (Å²) in [6.45, 7) is 3.48. The molecule has 2 N–H and O–H groups in total. The van der Waals surface area contributed by atoms with Crippen molar-refractivity contribution in [3.05, 3.63) is 29.1 Å². The molecule has 0 aliphatic carbocycles. The van der Waals surface area contributed by atoms with E-state index in [4.69, 9.17) is 11.5 Å². The van der Waals surface area contributed by atoms with Crippen LogP contribution < -0.4 is 5.32 Å². The fourth-order valence-corrected chi connectivity index (χ4v) is 1.61. The first-order chi connectivity index (χ1) is 8.99. The number of aromatic carboxylic acids is 1. The second-order valence-corrected chi connectivity index (χ2v) is 4.12. The Bertz CT molecular complexity index is 532. The molecule has 0 aliphatic rings. The van der Waals surface area contributed by atoms with Crippen LogP contribution in [0, 0.1) is 19.3 Å². The third-order valence-corrected chi connectivity index (χ3v) is 2.74. The van der Waals surface area contributed by atoms with Gasteiger partial charge in [0.15, 0.2) is 0 Å². The number of carbonyl (C=O) groups excluding carboxylic acids is 1. The summed E-state index contributed by atoms with van der Waals surface area (Å²) in [5.74, 6) is 1.09. The van der Waals surface area contributed by atoms with Crippen molar-refractivity contribution in [3.8, 4) is 12.3 Å². The average molecular weight is 260 g/mol. The number of terminal acetylenes is 1. The molecule has 1 heterocycles. The van der Waals surface area contributed by atoms with Crippen molar-refractivity contribution < 1.29 is 14.7 Å². The van der Waals surface area contributed by atoms with Crippen molar-refractivity contribution in [3.63, 3.8) is 0 Å². The van der Waals surface area contributed by atoms with E-state index in [2.05, 4.69) is 16.2 Å². The maximum absolute atomic E-state index is 11.9. The highest BCUT2D eigenvalue weighted by Crippen LogP contribution is 2.08. The standard InChI is InChI=1S/C14H16N2O3/c1-4-6-10(5-2)16-13(17)12-8-7-11(14(18)19)9(3)15-12/h1,7-8,10H,5-6H2,2-3H3,(H,16,17)(H,18,19). The number of nitrogens with zero attached hydrogens (tertiary/aromatic N) is 1. The fraction of sp³-hybridized carbons (Fsp3) is 0.357. The van der Waals surface area contributed by atoms with Gasteiger partial charge in [-0.25, -0.2) is 9.78 Å². The lowest BCUT2D eigenvalue weighted by Crippen LogP contribution is -2.34. The first kappa shape index (κ1) is 14.7. The van der Waals surface area contributed by atoms with Crippen LogP contribution in [-0.4, -0.2) is 28.0 Å². The summed E-state index contributed by atoms with van der Waals surface area (Å²) < 4.78 is 0. The monoisotopic (exact) mass is 260 g/mol. The summed E-state index contributed by atoms with van der Waals surface area (Å²) in [5.41, 5.74) is 0.593. The summed E-state index contributed by atoms with van der Waals surface area (Å²) in [7, 11) is 0. The zero-order valence-electron chi connectivity index (χ0n) is 10.9. The maximum Gasteiger partial charge on any atom is 0.337 e. The first-order valence-electron chi connectivity index (χ1n) is 5.94. The molecule has 0 spiro atoms. The van der Waals surface area contributed by atoms with Gasteiger partial charge in [0.25, 0.3) is 5.91 Å².